The zero-order valence-electron chi connectivity index (χ0n) is 4.82. The fourth-order valence-corrected chi connectivity index (χ4v) is 0.695. The third kappa shape index (κ3) is 1.36. The molecule has 0 saturated heterocycles. The van der Waals surface area contributed by atoms with Crippen molar-refractivity contribution >= 4 is 25.0 Å². The highest BCUT2D eigenvalue weighted by Crippen LogP contribution is 1.93. The molecule has 0 amide bonds. The van der Waals surface area contributed by atoms with Gasteiger partial charge in [0.1, 0.15) is 6.17 Å². The van der Waals surface area contributed by atoms with Crippen molar-refractivity contribution in [3.05, 3.63) is 0 Å². The van der Waals surface area contributed by atoms with Crippen molar-refractivity contribution in [1.82, 2.24) is 0 Å². The second kappa shape index (κ2) is 2.28. The SMILES string of the molecule is NC1=NC=[N+]([S-])C(N)C1. The molecule has 5 heteroatoms. The van der Waals surface area contributed by atoms with Crippen molar-refractivity contribution in [2.45, 2.75) is 12.6 Å². The molecule has 9 heavy (non-hydrogen) atoms. The van der Waals surface area contributed by atoms with Crippen LogP contribution in [0.3, 0.4) is 0 Å². The second-order valence-electron chi connectivity index (χ2n) is 1.87. The summed E-state index contributed by atoms with van der Waals surface area (Å²) in [7, 11) is 0. The first-order chi connectivity index (χ1) is 4.20. The van der Waals surface area contributed by atoms with E-state index in [9.17, 15) is 0 Å². The van der Waals surface area contributed by atoms with Gasteiger partial charge in [0.15, 0.2) is 0 Å². The molecule has 0 aliphatic carbocycles. The molecule has 1 aliphatic rings. The molecule has 0 bridgehead atoms. The average Bonchev–Trinajstić information content (AvgIpc) is 1.80. The van der Waals surface area contributed by atoms with Crippen LogP contribution in [0, 0.1) is 0 Å². The molecule has 0 aromatic heterocycles. The summed E-state index contributed by atoms with van der Waals surface area (Å²) in [6.45, 7) is 0. The molecule has 4 nitrogen and oxygen atoms in total. The van der Waals surface area contributed by atoms with Gasteiger partial charge in [0.25, 0.3) is 6.34 Å². The lowest BCUT2D eigenvalue weighted by Crippen LogP contribution is -2.39. The van der Waals surface area contributed by atoms with E-state index in [0.717, 1.165) is 0 Å². The minimum Gasteiger partial charge on any atom is -0.560 e. The Morgan fingerprint density at radius 3 is 3.00 bits per heavy atom. The van der Waals surface area contributed by atoms with Gasteiger partial charge in [-0.3, -0.25) is 5.73 Å². The molecule has 0 radical (unpaired) electrons. The van der Waals surface area contributed by atoms with Gasteiger partial charge in [0.2, 0.25) is 5.84 Å². The molecule has 0 fully saturated rings. The number of hydrogen-bond acceptors (Lipinski definition) is 4. The van der Waals surface area contributed by atoms with E-state index in [2.05, 4.69) is 4.99 Å². The summed E-state index contributed by atoms with van der Waals surface area (Å²) >= 11 is 4.75. The van der Waals surface area contributed by atoms with E-state index in [1.54, 1.807) is 0 Å². The molecule has 1 unspecified atom stereocenters. The topological polar surface area (TPSA) is 67.4 Å². The summed E-state index contributed by atoms with van der Waals surface area (Å²) in [4.78, 5) is 3.77. The highest BCUT2D eigenvalue weighted by molar-refractivity contribution is 7.51. The maximum absolute atomic E-state index is 5.50. The van der Waals surface area contributed by atoms with Crippen molar-refractivity contribution in [1.29, 1.82) is 0 Å². The molecule has 1 heterocycles. The van der Waals surface area contributed by atoms with Crippen LogP contribution in [0.2, 0.25) is 0 Å². The van der Waals surface area contributed by atoms with Crippen LogP contribution < -0.4 is 11.5 Å². The monoisotopic (exact) mass is 144 g/mol. The molecule has 0 aromatic rings. The normalized spacial score (nSPS) is 27.0. The maximum Gasteiger partial charge on any atom is 0.267 e. The molecule has 4 N–H and O–H groups in total. The lowest BCUT2D eigenvalue weighted by atomic mass is 10.3. The van der Waals surface area contributed by atoms with Gasteiger partial charge >= 0.3 is 0 Å². The third-order valence-electron chi connectivity index (χ3n) is 1.08. The summed E-state index contributed by atoms with van der Waals surface area (Å²) in [5.74, 6) is 0.545. The Hall–Kier alpha value is -0.680. The number of aliphatic imine (C=N–C) groups is 1. The van der Waals surface area contributed by atoms with Crippen LogP contribution in [-0.4, -0.2) is 22.3 Å². The Morgan fingerprint density at radius 2 is 2.56 bits per heavy atom. The molecular formula is C4H8N4S. The predicted octanol–water partition coefficient (Wildman–Crippen LogP) is -1.47. The first-order valence-electron chi connectivity index (χ1n) is 2.56. The minimum atomic E-state index is -0.183. The molecule has 1 atom stereocenters. The van der Waals surface area contributed by atoms with Crippen LogP contribution in [0.5, 0.6) is 0 Å². The van der Waals surface area contributed by atoms with Crippen molar-refractivity contribution in [2.24, 2.45) is 16.5 Å². The van der Waals surface area contributed by atoms with Gasteiger partial charge in [0.05, 0.1) is 6.42 Å². The summed E-state index contributed by atoms with van der Waals surface area (Å²) < 4.78 is 1.41. The first-order valence-corrected chi connectivity index (χ1v) is 2.93. The third-order valence-corrected chi connectivity index (χ3v) is 1.45. The Kier molecular flexibility index (Phi) is 1.63. The molecule has 0 aromatic carbocycles. The number of nitrogens with zero attached hydrogens (tertiary/aromatic N) is 2. The van der Waals surface area contributed by atoms with E-state index in [4.69, 9.17) is 24.3 Å². The second-order valence-corrected chi connectivity index (χ2v) is 2.29. The van der Waals surface area contributed by atoms with Crippen molar-refractivity contribution in [3.8, 4) is 0 Å². The van der Waals surface area contributed by atoms with E-state index in [1.807, 2.05) is 0 Å². The van der Waals surface area contributed by atoms with Gasteiger partial charge in [-0.2, -0.15) is 0 Å². The number of hydrogen-bond donors (Lipinski definition) is 2. The average molecular weight is 144 g/mol. The van der Waals surface area contributed by atoms with Crippen LogP contribution in [0.4, 0.5) is 0 Å². The predicted molar refractivity (Wildman–Crippen MR) is 37.9 cm³/mol. The number of rotatable bonds is 0. The Bertz CT molecular complexity index is 173. The molecule has 50 valence electrons. The van der Waals surface area contributed by atoms with Crippen LogP contribution in [0.1, 0.15) is 6.42 Å². The standard InChI is InChI=1S/C4H8N4S/c5-3-1-4(6)8(9)2-7-3/h2,4H,1,6H2,(H2,5,7). The number of nitrogens with two attached hydrogens (primary N) is 2. The van der Waals surface area contributed by atoms with Crippen LogP contribution >= 0.6 is 0 Å². The Balaban J connectivity index is 2.74. The van der Waals surface area contributed by atoms with Gasteiger partial charge < -0.3 is 22.5 Å². The van der Waals surface area contributed by atoms with E-state index >= 15 is 0 Å². The van der Waals surface area contributed by atoms with E-state index in [0.29, 0.717) is 12.3 Å². The summed E-state index contributed by atoms with van der Waals surface area (Å²) in [6, 6.07) is 0. The summed E-state index contributed by atoms with van der Waals surface area (Å²) in [5.41, 5.74) is 10.9. The van der Waals surface area contributed by atoms with E-state index < -0.39 is 0 Å². The smallest absolute Gasteiger partial charge is 0.267 e. The molecule has 0 spiro atoms. The van der Waals surface area contributed by atoms with Crippen LogP contribution in [-0.2, 0) is 12.8 Å². The minimum absolute atomic E-state index is 0.183. The quantitative estimate of drug-likeness (QED) is 0.322. The van der Waals surface area contributed by atoms with Gasteiger partial charge in [-0.05, 0) is 4.99 Å². The van der Waals surface area contributed by atoms with Crippen molar-refractivity contribution < 1.29 is 3.98 Å². The lowest BCUT2D eigenvalue weighted by Gasteiger charge is -2.18. The molecule has 1 aliphatic heterocycles. The van der Waals surface area contributed by atoms with Gasteiger partial charge in [0, 0.05) is 0 Å². The molecule has 1 rings (SSSR count). The first kappa shape index (κ1) is 6.44. The molecule has 0 saturated carbocycles. The lowest BCUT2D eigenvalue weighted by molar-refractivity contribution is -0.391. The van der Waals surface area contributed by atoms with Crippen molar-refractivity contribution in [3.63, 3.8) is 0 Å². The largest absolute Gasteiger partial charge is 0.560 e. The van der Waals surface area contributed by atoms with E-state index in [1.165, 1.54) is 10.3 Å². The van der Waals surface area contributed by atoms with Gasteiger partial charge in [-0.25, -0.2) is 0 Å². The number of amidine groups is 1. The Labute approximate surface area is 58.8 Å². The highest BCUT2D eigenvalue weighted by Gasteiger charge is 2.12. The van der Waals surface area contributed by atoms with Gasteiger partial charge in [-0.15, -0.1) is 0 Å². The maximum atomic E-state index is 5.50. The van der Waals surface area contributed by atoms with Crippen molar-refractivity contribution in [2.75, 3.05) is 0 Å². The van der Waals surface area contributed by atoms with E-state index in [-0.39, 0.29) is 6.17 Å². The highest BCUT2D eigenvalue weighted by atomic mass is 32.1. The summed E-state index contributed by atoms with van der Waals surface area (Å²) in [5, 5.41) is 0. The zero-order valence-corrected chi connectivity index (χ0v) is 5.64. The van der Waals surface area contributed by atoms with Crippen LogP contribution in [0.15, 0.2) is 4.99 Å². The zero-order chi connectivity index (χ0) is 6.85. The van der Waals surface area contributed by atoms with Gasteiger partial charge in [-0.1, -0.05) is 0 Å². The van der Waals surface area contributed by atoms with Crippen LogP contribution in [0.25, 0.3) is 0 Å². The molecular weight excluding hydrogens is 136 g/mol. The fourth-order valence-electron chi connectivity index (χ4n) is 0.574. The fraction of sp³-hybridized carbons (Fsp3) is 0.500. The Morgan fingerprint density at radius 1 is 1.89 bits per heavy atom. The summed E-state index contributed by atoms with van der Waals surface area (Å²) in [6.07, 6.45) is 1.83.